The molecule has 0 aliphatic heterocycles. The second-order valence-corrected chi connectivity index (χ2v) is 9.44. The lowest BCUT2D eigenvalue weighted by Crippen LogP contribution is -2.25. The number of nitrogens with zero attached hydrogens (tertiary/aromatic N) is 1. The number of sulfonamides is 1. The van der Waals surface area contributed by atoms with Crippen LogP contribution in [0.5, 0.6) is 0 Å². The van der Waals surface area contributed by atoms with Gasteiger partial charge in [0.1, 0.15) is 0 Å². The average Bonchev–Trinajstić information content (AvgIpc) is 2.88. The standard InChI is InChI=1S/C9H8BrClN2O2S3/c10-7-2-1-6(16-7)3-4-13-18(14,15)8-5-12-9(11)17-8/h1-2,5,13H,3-4H2. The summed E-state index contributed by atoms with van der Waals surface area (Å²) in [4.78, 5) is 4.83. The fourth-order valence-corrected chi connectivity index (χ4v) is 5.08. The summed E-state index contributed by atoms with van der Waals surface area (Å²) in [5, 5.41) is 0. The van der Waals surface area contributed by atoms with Gasteiger partial charge in [-0.05, 0) is 34.5 Å². The second-order valence-electron chi connectivity index (χ2n) is 3.29. The third-order valence-corrected chi connectivity index (χ3v) is 6.73. The molecule has 2 rings (SSSR count). The largest absolute Gasteiger partial charge is 0.251 e. The Labute approximate surface area is 126 Å². The predicted octanol–water partition coefficient (Wildman–Crippen LogP) is 3.14. The van der Waals surface area contributed by atoms with E-state index in [4.69, 9.17) is 11.6 Å². The summed E-state index contributed by atoms with van der Waals surface area (Å²) in [6.07, 6.45) is 1.92. The van der Waals surface area contributed by atoms with Crippen LogP contribution in [-0.2, 0) is 16.4 Å². The average molecular weight is 388 g/mol. The molecule has 0 aromatic carbocycles. The smallest absolute Gasteiger partial charge is 0.232 e. The fourth-order valence-electron chi connectivity index (χ4n) is 1.23. The summed E-state index contributed by atoms with van der Waals surface area (Å²) in [6.45, 7) is 0.352. The molecule has 0 unspecified atom stereocenters. The number of halogens is 2. The maximum Gasteiger partial charge on any atom is 0.251 e. The third kappa shape index (κ3) is 3.75. The van der Waals surface area contributed by atoms with E-state index in [1.54, 1.807) is 11.3 Å². The molecule has 2 aromatic rings. The van der Waals surface area contributed by atoms with E-state index in [2.05, 4.69) is 25.6 Å². The zero-order chi connectivity index (χ0) is 13.2. The summed E-state index contributed by atoms with van der Waals surface area (Å²) in [6, 6.07) is 3.91. The lowest BCUT2D eigenvalue weighted by Gasteiger charge is -2.02. The van der Waals surface area contributed by atoms with E-state index in [1.807, 2.05) is 12.1 Å². The maximum atomic E-state index is 11.8. The molecular formula is C9H8BrClN2O2S3. The van der Waals surface area contributed by atoms with E-state index in [1.165, 1.54) is 6.20 Å². The second kappa shape index (κ2) is 5.98. The van der Waals surface area contributed by atoms with E-state index >= 15 is 0 Å². The van der Waals surface area contributed by atoms with Crippen LogP contribution in [0.15, 0.2) is 26.3 Å². The number of hydrogen-bond donors (Lipinski definition) is 1. The van der Waals surface area contributed by atoms with E-state index < -0.39 is 10.0 Å². The molecule has 0 fully saturated rings. The molecule has 0 bridgehead atoms. The lowest BCUT2D eigenvalue weighted by molar-refractivity contribution is 0.584. The zero-order valence-corrected chi connectivity index (χ0v) is 13.7. The van der Waals surface area contributed by atoms with Crippen LogP contribution in [0, 0.1) is 0 Å². The fraction of sp³-hybridized carbons (Fsp3) is 0.222. The van der Waals surface area contributed by atoms with Gasteiger partial charge in [-0.2, -0.15) is 0 Å². The van der Waals surface area contributed by atoms with Crippen LogP contribution >= 0.6 is 50.2 Å². The van der Waals surface area contributed by atoms with E-state index in [0.29, 0.717) is 13.0 Å². The first kappa shape index (κ1) is 14.4. The van der Waals surface area contributed by atoms with Gasteiger partial charge in [0.15, 0.2) is 8.68 Å². The number of rotatable bonds is 5. The van der Waals surface area contributed by atoms with Crippen molar-refractivity contribution in [3.8, 4) is 0 Å². The maximum absolute atomic E-state index is 11.8. The van der Waals surface area contributed by atoms with Gasteiger partial charge in [-0.1, -0.05) is 22.9 Å². The zero-order valence-electron chi connectivity index (χ0n) is 8.89. The Morgan fingerprint density at radius 3 is 2.72 bits per heavy atom. The van der Waals surface area contributed by atoms with Crippen molar-refractivity contribution in [3.63, 3.8) is 0 Å². The van der Waals surface area contributed by atoms with Crippen LogP contribution < -0.4 is 4.72 Å². The van der Waals surface area contributed by atoms with Gasteiger partial charge in [0.05, 0.1) is 9.98 Å². The Balaban J connectivity index is 1.93. The molecule has 4 nitrogen and oxygen atoms in total. The Bertz CT molecular complexity index is 638. The SMILES string of the molecule is O=S(=O)(NCCc1ccc(Br)s1)c1cnc(Cl)s1. The van der Waals surface area contributed by atoms with Gasteiger partial charge in [-0.3, -0.25) is 0 Å². The Morgan fingerprint density at radius 2 is 2.17 bits per heavy atom. The third-order valence-electron chi connectivity index (χ3n) is 2.01. The van der Waals surface area contributed by atoms with Gasteiger partial charge < -0.3 is 0 Å². The highest BCUT2D eigenvalue weighted by molar-refractivity contribution is 9.11. The molecule has 0 saturated heterocycles. The molecule has 1 N–H and O–H groups in total. The molecule has 98 valence electrons. The molecule has 2 aromatic heterocycles. The molecule has 0 atom stereocenters. The topological polar surface area (TPSA) is 59.1 Å². The number of thiophene rings is 1. The highest BCUT2D eigenvalue weighted by Crippen LogP contribution is 2.23. The minimum absolute atomic E-state index is 0.139. The van der Waals surface area contributed by atoms with Gasteiger partial charge in [0, 0.05) is 11.4 Å². The van der Waals surface area contributed by atoms with Crippen LogP contribution in [0.25, 0.3) is 0 Å². The van der Waals surface area contributed by atoms with Gasteiger partial charge in [0.2, 0.25) is 0 Å². The first-order valence-corrected chi connectivity index (χ1v) is 9.11. The Kier molecular flexibility index (Phi) is 4.79. The van der Waals surface area contributed by atoms with Crippen LogP contribution in [0.1, 0.15) is 4.88 Å². The van der Waals surface area contributed by atoms with Crippen molar-refractivity contribution in [2.45, 2.75) is 10.6 Å². The van der Waals surface area contributed by atoms with Crippen molar-refractivity contribution in [1.29, 1.82) is 0 Å². The molecule has 0 radical (unpaired) electrons. The van der Waals surface area contributed by atoms with Gasteiger partial charge in [-0.25, -0.2) is 18.1 Å². The molecule has 18 heavy (non-hydrogen) atoms. The molecule has 0 aliphatic rings. The molecule has 0 amide bonds. The number of aromatic nitrogens is 1. The first-order chi connectivity index (χ1) is 8.47. The normalized spacial score (nSPS) is 11.9. The number of thiazole rings is 1. The van der Waals surface area contributed by atoms with E-state index in [9.17, 15) is 8.42 Å². The summed E-state index contributed by atoms with van der Waals surface area (Å²) in [5.74, 6) is 0. The van der Waals surface area contributed by atoms with Gasteiger partial charge in [0.25, 0.3) is 10.0 Å². The molecule has 0 spiro atoms. The van der Waals surface area contributed by atoms with Crippen molar-refractivity contribution >= 4 is 60.2 Å². The lowest BCUT2D eigenvalue weighted by atomic mass is 10.3. The highest BCUT2D eigenvalue weighted by Gasteiger charge is 2.16. The Hall–Kier alpha value is 0.01000. The number of nitrogens with one attached hydrogen (secondary N) is 1. The highest BCUT2D eigenvalue weighted by atomic mass is 79.9. The quantitative estimate of drug-likeness (QED) is 0.857. The molecule has 2 heterocycles. The van der Waals surface area contributed by atoms with Crippen LogP contribution in [0.3, 0.4) is 0 Å². The van der Waals surface area contributed by atoms with Crippen molar-refractivity contribution in [2.24, 2.45) is 0 Å². The monoisotopic (exact) mass is 386 g/mol. The predicted molar refractivity (Wildman–Crippen MR) is 78.0 cm³/mol. The summed E-state index contributed by atoms with van der Waals surface area (Å²) in [7, 11) is -3.49. The van der Waals surface area contributed by atoms with Crippen LogP contribution in [0.4, 0.5) is 0 Å². The summed E-state index contributed by atoms with van der Waals surface area (Å²) >= 11 is 11.5. The van der Waals surface area contributed by atoms with Crippen molar-refractivity contribution in [1.82, 2.24) is 9.71 Å². The van der Waals surface area contributed by atoms with Crippen LogP contribution in [0.2, 0.25) is 4.47 Å². The van der Waals surface area contributed by atoms with E-state index in [-0.39, 0.29) is 8.68 Å². The summed E-state index contributed by atoms with van der Waals surface area (Å²) in [5.41, 5.74) is 0. The van der Waals surface area contributed by atoms with Crippen molar-refractivity contribution in [2.75, 3.05) is 6.54 Å². The Morgan fingerprint density at radius 1 is 1.39 bits per heavy atom. The summed E-state index contributed by atoms with van der Waals surface area (Å²) < 4.78 is 27.6. The van der Waals surface area contributed by atoms with Gasteiger partial charge in [-0.15, -0.1) is 11.3 Å². The van der Waals surface area contributed by atoms with Crippen molar-refractivity contribution < 1.29 is 8.42 Å². The van der Waals surface area contributed by atoms with Crippen LogP contribution in [-0.4, -0.2) is 19.9 Å². The molecule has 0 saturated carbocycles. The minimum atomic E-state index is -3.49. The van der Waals surface area contributed by atoms with E-state index in [0.717, 1.165) is 20.0 Å². The first-order valence-electron chi connectivity index (χ1n) is 4.82. The number of hydrogen-bond acceptors (Lipinski definition) is 5. The van der Waals surface area contributed by atoms with Gasteiger partial charge >= 0.3 is 0 Å². The molecule has 9 heteroatoms. The molecular weight excluding hydrogens is 380 g/mol. The molecule has 0 aliphatic carbocycles. The van der Waals surface area contributed by atoms with Crippen molar-refractivity contribution in [3.05, 3.63) is 31.5 Å². The minimum Gasteiger partial charge on any atom is -0.232 e.